The molecular formula is C10H13FN6. The van der Waals surface area contributed by atoms with Gasteiger partial charge in [0.2, 0.25) is 0 Å². The zero-order valence-electron chi connectivity index (χ0n) is 9.17. The number of benzene rings is 1. The van der Waals surface area contributed by atoms with Gasteiger partial charge in [0.1, 0.15) is 6.33 Å². The molecule has 0 radical (unpaired) electrons. The predicted octanol–water partition coefficient (Wildman–Crippen LogP) is 0.609. The second-order valence-corrected chi connectivity index (χ2v) is 3.71. The largest absolute Gasteiger partial charge is 0.398 e. The Bertz CT molecular complexity index is 496. The Hall–Kier alpha value is -2.18. The highest BCUT2D eigenvalue weighted by atomic mass is 19.1. The van der Waals surface area contributed by atoms with Crippen LogP contribution >= 0.6 is 0 Å². The average molecular weight is 236 g/mol. The number of aromatic nitrogens is 4. The van der Waals surface area contributed by atoms with Crippen molar-refractivity contribution in [2.45, 2.75) is 19.4 Å². The molecule has 0 saturated carbocycles. The molecule has 0 amide bonds. The summed E-state index contributed by atoms with van der Waals surface area (Å²) in [5.74, 6) is -0.429. The van der Waals surface area contributed by atoms with E-state index < -0.39 is 5.82 Å². The number of nitrogens with zero attached hydrogens (tertiary/aromatic N) is 4. The summed E-state index contributed by atoms with van der Waals surface area (Å²) in [7, 11) is 0. The molecule has 17 heavy (non-hydrogen) atoms. The number of anilines is 2. The molecule has 2 rings (SSSR count). The molecule has 90 valence electrons. The molecule has 1 aromatic carbocycles. The number of tetrazole rings is 1. The maximum Gasteiger partial charge on any atom is 0.151 e. The number of halogens is 1. The van der Waals surface area contributed by atoms with Crippen LogP contribution in [0.15, 0.2) is 18.5 Å². The van der Waals surface area contributed by atoms with E-state index in [-0.39, 0.29) is 5.69 Å². The van der Waals surface area contributed by atoms with E-state index in [1.165, 1.54) is 12.4 Å². The summed E-state index contributed by atoms with van der Waals surface area (Å²) in [4.78, 5) is 0. The molecule has 0 aliphatic rings. The second-order valence-electron chi connectivity index (χ2n) is 3.71. The minimum atomic E-state index is -0.429. The van der Waals surface area contributed by atoms with Crippen LogP contribution in [0.2, 0.25) is 0 Å². The zero-order chi connectivity index (χ0) is 12.3. The molecule has 0 aliphatic heterocycles. The molecule has 4 N–H and O–H groups in total. The molecule has 0 saturated heterocycles. The van der Waals surface area contributed by atoms with Crippen LogP contribution in [0, 0.1) is 5.82 Å². The summed E-state index contributed by atoms with van der Waals surface area (Å²) in [5, 5.41) is 10.7. The van der Waals surface area contributed by atoms with Crippen molar-refractivity contribution in [2.75, 3.05) is 11.5 Å². The number of nitrogen functional groups attached to an aromatic ring is 2. The molecule has 1 aromatic heterocycles. The normalized spacial score (nSPS) is 10.6. The first-order chi connectivity index (χ1) is 8.18. The third-order valence-electron chi connectivity index (χ3n) is 2.51. The minimum Gasteiger partial charge on any atom is -0.398 e. The number of nitrogens with two attached hydrogens (primary N) is 2. The fourth-order valence-corrected chi connectivity index (χ4v) is 1.61. The van der Waals surface area contributed by atoms with Gasteiger partial charge in [0.15, 0.2) is 5.82 Å². The van der Waals surface area contributed by atoms with Gasteiger partial charge in [0.05, 0.1) is 5.69 Å². The maximum absolute atomic E-state index is 13.7. The lowest BCUT2D eigenvalue weighted by Gasteiger charge is -2.08. The third kappa shape index (κ3) is 2.49. The van der Waals surface area contributed by atoms with E-state index in [1.807, 2.05) is 0 Å². The molecular weight excluding hydrogens is 223 g/mol. The lowest BCUT2D eigenvalue weighted by atomic mass is 10.1. The molecule has 1 heterocycles. The van der Waals surface area contributed by atoms with E-state index in [9.17, 15) is 4.39 Å². The van der Waals surface area contributed by atoms with Crippen molar-refractivity contribution in [3.8, 4) is 0 Å². The Morgan fingerprint density at radius 3 is 2.71 bits per heavy atom. The van der Waals surface area contributed by atoms with Crippen molar-refractivity contribution in [3.63, 3.8) is 0 Å². The van der Waals surface area contributed by atoms with Crippen LogP contribution in [0.3, 0.4) is 0 Å². The van der Waals surface area contributed by atoms with Crippen molar-refractivity contribution in [1.29, 1.82) is 0 Å². The van der Waals surface area contributed by atoms with Gasteiger partial charge in [-0.1, -0.05) is 0 Å². The van der Waals surface area contributed by atoms with Crippen molar-refractivity contribution in [2.24, 2.45) is 0 Å². The molecule has 0 fully saturated rings. The first kappa shape index (κ1) is 11.3. The Kier molecular flexibility index (Phi) is 3.17. The summed E-state index contributed by atoms with van der Waals surface area (Å²) >= 11 is 0. The summed E-state index contributed by atoms with van der Waals surface area (Å²) in [6.07, 6.45) is 2.71. The highest BCUT2D eigenvalue weighted by Gasteiger charge is 2.09. The second kappa shape index (κ2) is 4.77. The smallest absolute Gasteiger partial charge is 0.151 e. The fraction of sp³-hybridized carbons (Fsp3) is 0.300. The minimum absolute atomic E-state index is 0.122. The molecule has 0 spiro atoms. The number of rotatable bonds is 4. The monoisotopic (exact) mass is 236 g/mol. The quantitative estimate of drug-likeness (QED) is 0.758. The van der Waals surface area contributed by atoms with E-state index in [0.29, 0.717) is 30.6 Å². The molecule has 0 aliphatic carbocycles. The van der Waals surface area contributed by atoms with Crippen LogP contribution in [0.1, 0.15) is 12.0 Å². The number of aryl methyl sites for hydroxylation is 1. The molecule has 0 unspecified atom stereocenters. The predicted molar refractivity (Wildman–Crippen MR) is 61.4 cm³/mol. The fourth-order valence-electron chi connectivity index (χ4n) is 1.61. The van der Waals surface area contributed by atoms with Gasteiger partial charge >= 0.3 is 0 Å². The summed E-state index contributed by atoms with van der Waals surface area (Å²) in [6, 6.07) is 3.08. The first-order valence-electron chi connectivity index (χ1n) is 5.21. The van der Waals surface area contributed by atoms with E-state index in [4.69, 9.17) is 11.5 Å². The van der Waals surface area contributed by atoms with Crippen molar-refractivity contribution < 1.29 is 4.39 Å². The number of hydrogen-bond donors (Lipinski definition) is 2. The standard InChI is InChI=1S/C10H13FN6/c11-10-7(8(12)3-4-9(10)13)2-1-5-17-6-14-15-16-17/h3-4,6H,1-2,5,12-13H2. The van der Waals surface area contributed by atoms with Crippen LogP contribution in [0.25, 0.3) is 0 Å². The molecule has 2 aromatic rings. The topological polar surface area (TPSA) is 95.6 Å². The summed E-state index contributed by atoms with van der Waals surface area (Å²) < 4.78 is 15.3. The van der Waals surface area contributed by atoms with Gasteiger partial charge in [-0.25, -0.2) is 9.07 Å². The van der Waals surface area contributed by atoms with Gasteiger partial charge in [-0.2, -0.15) is 0 Å². The van der Waals surface area contributed by atoms with Crippen LogP contribution in [-0.4, -0.2) is 20.2 Å². The summed E-state index contributed by atoms with van der Waals surface area (Å²) in [6.45, 7) is 0.612. The molecule has 0 bridgehead atoms. The van der Waals surface area contributed by atoms with Gasteiger partial charge < -0.3 is 11.5 Å². The van der Waals surface area contributed by atoms with Crippen molar-refractivity contribution in [1.82, 2.24) is 20.2 Å². The van der Waals surface area contributed by atoms with E-state index in [2.05, 4.69) is 15.5 Å². The SMILES string of the molecule is Nc1ccc(N)c(CCCn2cnnn2)c1F. The van der Waals surface area contributed by atoms with Gasteiger partial charge in [-0.3, -0.25) is 0 Å². The van der Waals surface area contributed by atoms with E-state index >= 15 is 0 Å². The number of hydrogen-bond acceptors (Lipinski definition) is 5. The average Bonchev–Trinajstić information content (AvgIpc) is 2.81. The molecule has 7 heteroatoms. The van der Waals surface area contributed by atoms with Gasteiger partial charge in [-0.15, -0.1) is 5.10 Å². The Labute approximate surface area is 97.4 Å². The Morgan fingerprint density at radius 1 is 1.24 bits per heavy atom. The van der Waals surface area contributed by atoms with Gasteiger partial charge in [0, 0.05) is 17.8 Å². The van der Waals surface area contributed by atoms with Crippen LogP contribution < -0.4 is 11.5 Å². The van der Waals surface area contributed by atoms with Crippen molar-refractivity contribution >= 4 is 11.4 Å². The van der Waals surface area contributed by atoms with Gasteiger partial charge in [0.25, 0.3) is 0 Å². The Morgan fingerprint density at radius 2 is 2.00 bits per heavy atom. The lowest BCUT2D eigenvalue weighted by Crippen LogP contribution is -2.05. The lowest BCUT2D eigenvalue weighted by molar-refractivity contribution is 0.547. The summed E-state index contributed by atoms with van der Waals surface area (Å²) in [5.41, 5.74) is 12.2. The zero-order valence-corrected chi connectivity index (χ0v) is 9.17. The molecule has 0 atom stereocenters. The van der Waals surface area contributed by atoms with E-state index in [0.717, 1.165) is 0 Å². The van der Waals surface area contributed by atoms with Gasteiger partial charge in [-0.05, 0) is 35.4 Å². The molecule has 6 nitrogen and oxygen atoms in total. The highest BCUT2D eigenvalue weighted by Crippen LogP contribution is 2.22. The first-order valence-corrected chi connectivity index (χ1v) is 5.21. The maximum atomic E-state index is 13.7. The van der Waals surface area contributed by atoms with Crippen LogP contribution in [0.5, 0.6) is 0 Å². The van der Waals surface area contributed by atoms with Crippen LogP contribution in [-0.2, 0) is 13.0 Å². The Balaban J connectivity index is 2.01. The van der Waals surface area contributed by atoms with E-state index in [1.54, 1.807) is 10.7 Å². The van der Waals surface area contributed by atoms with Crippen LogP contribution in [0.4, 0.5) is 15.8 Å². The van der Waals surface area contributed by atoms with Crippen molar-refractivity contribution in [3.05, 3.63) is 29.8 Å². The third-order valence-corrected chi connectivity index (χ3v) is 2.51. The highest BCUT2D eigenvalue weighted by molar-refractivity contribution is 5.56.